The Kier molecular flexibility index (Phi) is 3.39. The van der Waals surface area contributed by atoms with E-state index in [1.807, 2.05) is 0 Å². The maximum atomic E-state index is 12.0. The first-order valence-electron chi connectivity index (χ1n) is 5.11. The van der Waals surface area contributed by atoms with Gasteiger partial charge in [0.25, 0.3) is 0 Å². The highest BCUT2D eigenvalue weighted by molar-refractivity contribution is 6.53. The summed E-state index contributed by atoms with van der Waals surface area (Å²) in [6, 6.07) is 3.05. The third-order valence-electron chi connectivity index (χ3n) is 3.10. The zero-order valence-corrected chi connectivity index (χ0v) is 12.4. The van der Waals surface area contributed by atoms with Crippen LogP contribution in [-0.4, -0.2) is 10.2 Å². The average molecular weight is 328 g/mol. The minimum absolute atomic E-state index is 0.274. The number of nitrogens with two attached hydrogens (primary N) is 1. The Hall–Kier alpha value is -0.350. The van der Waals surface area contributed by atoms with E-state index in [1.54, 1.807) is 6.92 Å². The molecule has 0 spiro atoms. The van der Waals surface area contributed by atoms with E-state index in [9.17, 15) is 4.79 Å². The molecule has 7 heteroatoms. The van der Waals surface area contributed by atoms with E-state index in [1.165, 1.54) is 12.1 Å². The van der Waals surface area contributed by atoms with E-state index in [2.05, 4.69) is 5.32 Å². The second kappa shape index (κ2) is 4.34. The van der Waals surface area contributed by atoms with Crippen molar-refractivity contribution in [2.45, 2.75) is 17.7 Å². The lowest BCUT2D eigenvalue weighted by Gasteiger charge is -2.13. The molecule has 18 heavy (non-hydrogen) atoms. The van der Waals surface area contributed by atoms with Crippen molar-refractivity contribution >= 4 is 63.7 Å². The van der Waals surface area contributed by atoms with Gasteiger partial charge in [-0.2, -0.15) is 0 Å². The van der Waals surface area contributed by atoms with Gasteiger partial charge in [-0.25, -0.2) is 0 Å². The van der Waals surface area contributed by atoms with Gasteiger partial charge in [-0.05, 0) is 25.5 Å². The van der Waals surface area contributed by atoms with Crippen LogP contribution in [0.3, 0.4) is 0 Å². The molecule has 0 saturated heterocycles. The molecule has 1 atom stereocenters. The molecule has 1 aromatic rings. The van der Waals surface area contributed by atoms with Gasteiger partial charge >= 0.3 is 0 Å². The summed E-state index contributed by atoms with van der Waals surface area (Å²) in [4.78, 5) is 12.0. The zero-order chi connectivity index (χ0) is 13.7. The van der Waals surface area contributed by atoms with E-state index in [-0.39, 0.29) is 21.6 Å². The molecule has 0 unspecified atom stereocenters. The van der Waals surface area contributed by atoms with E-state index >= 15 is 0 Å². The number of rotatable bonds is 2. The molecule has 0 aromatic heterocycles. The third kappa shape index (κ3) is 2.25. The lowest BCUT2D eigenvalue weighted by Crippen LogP contribution is -2.25. The van der Waals surface area contributed by atoms with Gasteiger partial charge in [-0.1, -0.05) is 23.2 Å². The summed E-state index contributed by atoms with van der Waals surface area (Å²) < 4.78 is -1.02. The standard InChI is InChI=1S/C11H10Cl4N2O/c1-10(4-11(10,14)15)9(18)17-5-2-6(12)8(16)7(13)3-5/h2-3H,4,16H2,1H3,(H,17,18)/t10-/m0/s1. The van der Waals surface area contributed by atoms with Gasteiger partial charge < -0.3 is 11.1 Å². The minimum Gasteiger partial charge on any atom is -0.396 e. The molecule has 0 aliphatic heterocycles. The fraction of sp³-hybridized carbons (Fsp3) is 0.364. The number of alkyl halides is 2. The lowest BCUT2D eigenvalue weighted by molar-refractivity contribution is -0.120. The van der Waals surface area contributed by atoms with Gasteiger partial charge in [0.2, 0.25) is 5.91 Å². The fourth-order valence-corrected chi connectivity index (χ4v) is 2.76. The quantitative estimate of drug-likeness (QED) is 0.634. The highest BCUT2D eigenvalue weighted by Crippen LogP contribution is 2.64. The second-order valence-electron chi connectivity index (χ2n) is 4.52. The monoisotopic (exact) mass is 326 g/mol. The molecule has 0 bridgehead atoms. The van der Waals surface area contributed by atoms with Crippen LogP contribution in [0.4, 0.5) is 11.4 Å². The summed E-state index contributed by atoms with van der Waals surface area (Å²) in [5.74, 6) is -0.274. The number of nitrogens with one attached hydrogen (secondary N) is 1. The molecule has 3 N–H and O–H groups in total. The van der Waals surface area contributed by atoms with Gasteiger partial charge in [0.1, 0.15) is 4.33 Å². The highest BCUT2D eigenvalue weighted by Gasteiger charge is 2.67. The summed E-state index contributed by atoms with van der Waals surface area (Å²) in [6.07, 6.45) is 0.408. The normalized spacial score (nSPS) is 24.7. The first-order valence-corrected chi connectivity index (χ1v) is 6.62. The van der Waals surface area contributed by atoms with Gasteiger partial charge in [-0.15, -0.1) is 23.2 Å². The number of carbonyl (C=O) groups is 1. The average Bonchev–Trinajstić information content (AvgIpc) is 2.76. The maximum Gasteiger partial charge on any atom is 0.233 e. The summed E-state index contributed by atoms with van der Waals surface area (Å²) in [5.41, 5.74) is 5.54. The molecule has 1 amide bonds. The Morgan fingerprint density at radius 2 is 1.78 bits per heavy atom. The fourth-order valence-electron chi connectivity index (χ4n) is 1.57. The molecular formula is C11H10Cl4N2O. The van der Waals surface area contributed by atoms with Gasteiger partial charge in [-0.3, -0.25) is 4.79 Å². The molecule has 0 heterocycles. The summed E-state index contributed by atoms with van der Waals surface area (Å²) >= 11 is 23.6. The van der Waals surface area contributed by atoms with Crippen molar-refractivity contribution in [1.29, 1.82) is 0 Å². The van der Waals surface area contributed by atoms with Gasteiger partial charge in [0.05, 0.1) is 21.1 Å². The number of carbonyl (C=O) groups excluding carboxylic acids is 1. The van der Waals surface area contributed by atoms with Crippen molar-refractivity contribution in [3.05, 3.63) is 22.2 Å². The molecular weight excluding hydrogens is 318 g/mol. The van der Waals surface area contributed by atoms with Crippen molar-refractivity contribution in [3.63, 3.8) is 0 Å². The molecule has 1 aliphatic rings. The Balaban J connectivity index is 2.19. The van der Waals surface area contributed by atoms with Crippen molar-refractivity contribution in [2.24, 2.45) is 5.41 Å². The summed E-state index contributed by atoms with van der Waals surface area (Å²) in [7, 11) is 0. The first kappa shape index (κ1) is 14.1. The SMILES string of the molecule is C[C@@]1(C(=O)Nc2cc(Cl)c(N)c(Cl)c2)CC1(Cl)Cl. The number of halogens is 4. The van der Waals surface area contributed by atoms with Gasteiger partial charge in [0.15, 0.2) is 0 Å². The first-order chi connectivity index (χ1) is 8.17. The number of hydrogen-bond acceptors (Lipinski definition) is 2. The topological polar surface area (TPSA) is 55.1 Å². The smallest absolute Gasteiger partial charge is 0.233 e. The summed E-state index contributed by atoms with van der Waals surface area (Å²) in [5, 5.41) is 3.24. The molecule has 98 valence electrons. The predicted molar refractivity (Wildman–Crippen MR) is 76.7 cm³/mol. The van der Waals surface area contributed by atoms with Crippen LogP contribution >= 0.6 is 46.4 Å². The molecule has 1 aromatic carbocycles. The Morgan fingerprint density at radius 1 is 1.33 bits per heavy atom. The van der Waals surface area contributed by atoms with E-state index in [4.69, 9.17) is 52.1 Å². The van der Waals surface area contributed by atoms with Crippen molar-refractivity contribution in [1.82, 2.24) is 0 Å². The highest BCUT2D eigenvalue weighted by atomic mass is 35.5. The van der Waals surface area contributed by atoms with Crippen LogP contribution in [0.1, 0.15) is 13.3 Å². The number of benzene rings is 1. The van der Waals surface area contributed by atoms with Crippen molar-refractivity contribution < 1.29 is 4.79 Å². The molecule has 0 radical (unpaired) electrons. The van der Waals surface area contributed by atoms with Crippen LogP contribution < -0.4 is 11.1 Å². The van der Waals surface area contributed by atoms with Crippen LogP contribution in [0.2, 0.25) is 10.0 Å². The van der Waals surface area contributed by atoms with E-state index in [0.717, 1.165) is 0 Å². The Bertz CT molecular complexity index is 509. The molecule has 1 aliphatic carbocycles. The van der Waals surface area contributed by atoms with Crippen molar-refractivity contribution in [3.8, 4) is 0 Å². The van der Waals surface area contributed by atoms with E-state index < -0.39 is 9.75 Å². The molecule has 1 saturated carbocycles. The number of amides is 1. The zero-order valence-electron chi connectivity index (χ0n) is 9.36. The molecule has 3 nitrogen and oxygen atoms in total. The van der Waals surface area contributed by atoms with Crippen LogP contribution in [0.5, 0.6) is 0 Å². The Morgan fingerprint density at radius 3 is 2.17 bits per heavy atom. The maximum absolute atomic E-state index is 12.0. The van der Waals surface area contributed by atoms with Crippen molar-refractivity contribution in [2.75, 3.05) is 11.1 Å². The number of anilines is 2. The number of nitrogen functional groups attached to an aromatic ring is 1. The van der Waals surface area contributed by atoms with E-state index in [0.29, 0.717) is 12.1 Å². The Labute approximate surface area is 125 Å². The minimum atomic E-state index is -1.02. The van der Waals surface area contributed by atoms with Crippen LogP contribution in [0.15, 0.2) is 12.1 Å². The van der Waals surface area contributed by atoms with Gasteiger partial charge in [0, 0.05) is 5.69 Å². The van der Waals surface area contributed by atoms with Crippen LogP contribution in [-0.2, 0) is 4.79 Å². The molecule has 1 fully saturated rings. The lowest BCUT2D eigenvalue weighted by atomic mass is 10.1. The third-order valence-corrected chi connectivity index (χ3v) is 4.82. The summed E-state index contributed by atoms with van der Waals surface area (Å²) in [6.45, 7) is 1.70. The molecule has 2 rings (SSSR count). The predicted octanol–water partition coefficient (Wildman–Crippen LogP) is 4.10. The largest absolute Gasteiger partial charge is 0.396 e. The number of hydrogen-bond donors (Lipinski definition) is 2. The van der Waals surface area contributed by atoms with Crippen LogP contribution in [0, 0.1) is 5.41 Å². The second-order valence-corrected chi connectivity index (χ2v) is 6.82. The van der Waals surface area contributed by atoms with Crippen LogP contribution in [0.25, 0.3) is 0 Å².